The number of carbonyl (C=O) groups excluding carboxylic acids is 1. The molecule has 1 fully saturated rings. The van der Waals surface area contributed by atoms with Gasteiger partial charge in [0.1, 0.15) is 0 Å². The van der Waals surface area contributed by atoms with E-state index in [0.29, 0.717) is 18.4 Å². The van der Waals surface area contributed by atoms with Crippen molar-refractivity contribution in [3.05, 3.63) is 12.2 Å². The minimum absolute atomic E-state index is 0.00227. The van der Waals surface area contributed by atoms with Crippen molar-refractivity contribution in [2.75, 3.05) is 6.61 Å². The van der Waals surface area contributed by atoms with Gasteiger partial charge >= 0.3 is 5.97 Å². The van der Waals surface area contributed by atoms with Gasteiger partial charge in [-0.15, -0.1) is 0 Å². The highest BCUT2D eigenvalue weighted by molar-refractivity contribution is 5.80. The summed E-state index contributed by atoms with van der Waals surface area (Å²) in [5.41, 5.74) is -0.251. The zero-order chi connectivity index (χ0) is 10.2. The van der Waals surface area contributed by atoms with Crippen molar-refractivity contribution in [3.63, 3.8) is 0 Å². The second kappa shape index (κ2) is 3.41. The van der Waals surface area contributed by atoms with Crippen molar-refractivity contribution in [1.82, 2.24) is 0 Å². The Balaban J connectivity index is 2.04. The lowest BCUT2D eigenvalue weighted by Gasteiger charge is -2.22. The molecule has 0 amide bonds. The molecule has 2 nitrogen and oxygen atoms in total. The number of carbonyl (C=O) groups is 1. The van der Waals surface area contributed by atoms with E-state index in [-0.39, 0.29) is 11.4 Å². The Bertz CT molecular complexity index is 269. The van der Waals surface area contributed by atoms with Crippen molar-refractivity contribution in [3.8, 4) is 0 Å². The maximum absolute atomic E-state index is 11.9. The van der Waals surface area contributed by atoms with Crippen LogP contribution in [0.5, 0.6) is 0 Å². The first-order chi connectivity index (χ1) is 6.68. The highest BCUT2D eigenvalue weighted by Crippen LogP contribution is 2.52. The Hall–Kier alpha value is -0.790. The van der Waals surface area contributed by atoms with Crippen LogP contribution in [0.1, 0.15) is 33.1 Å². The summed E-state index contributed by atoms with van der Waals surface area (Å²) in [5.74, 6) is 1.26. The predicted octanol–water partition coefficient (Wildman–Crippen LogP) is 2.54. The second-order valence-electron chi connectivity index (χ2n) is 4.70. The van der Waals surface area contributed by atoms with Gasteiger partial charge in [-0.2, -0.15) is 0 Å². The molecule has 0 aromatic rings. The van der Waals surface area contributed by atoms with Gasteiger partial charge in [-0.1, -0.05) is 26.0 Å². The Kier molecular flexibility index (Phi) is 2.38. The molecule has 2 heteroatoms. The van der Waals surface area contributed by atoms with E-state index in [4.69, 9.17) is 4.74 Å². The lowest BCUT2D eigenvalue weighted by atomic mass is 9.85. The van der Waals surface area contributed by atoms with Gasteiger partial charge in [-0.3, -0.25) is 4.79 Å². The molecule has 0 aromatic heterocycles. The van der Waals surface area contributed by atoms with Crippen LogP contribution in [-0.2, 0) is 9.53 Å². The van der Waals surface area contributed by atoms with Gasteiger partial charge in [0.15, 0.2) is 0 Å². The molecule has 0 radical (unpaired) electrons. The summed E-state index contributed by atoms with van der Waals surface area (Å²) in [4.78, 5) is 11.9. The molecule has 0 aromatic carbocycles. The van der Waals surface area contributed by atoms with Gasteiger partial charge in [0.2, 0.25) is 0 Å². The van der Waals surface area contributed by atoms with E-state index in [1.807, 2.05) is 6.92 Å². The monoisotopic (exact) mass is 194 g/mol. The summed E-state index contributed by atoms with van der Waals surface area (Å²) in [5, 5.41) is 0. The fourth-order valence-corrected chi connectivity index (χ4v) is 2.71. The quantitative estimate of drug-likeness (QED) is 0.510. The van der Waals surface area contributed by atoms with E-state index >= 15 is 0 Å². The van der Waals surface area contributed by atoms with Crippen LogP contribution < -0.4 is 0 Å². The minimum atomic E-state index is -0.251. The lowest BCUT2D eigenvalue weighted by molar-refractivity contribution is -0.152. The van der Waals surface area contributed by atoms with Gasteiger partial charge in [0.25, 0.3) is 0 Å². The first kappa shape index (κ1) is 9.75. The molecule has 0 spiro atoms. The Morgan fingerprint density at radius 1 is 1.57 bits per heavy atom. The highest BCUT2D eigenvalue weighted by atomic mass is 16.5. The van der Waals surface area contributed by atoms with E-state index in [1.54, 1.807) is 0 Å². The molecule has 0 N–H and O–H groups in total. The van der Waals surface area contributed by atoms with Crippen LogP contribution in [0.4, 0.5) is 0 Å². The first-order valence-corrected chi connectivity index (χ1v) is 5.54. The standard InChI is InChI=1S/C12H18O2/c1-3-6-14-11(13)12-5-4-10(8-12)9(2)7-12/h4-5,9-10H,3,6-8H2,1-2H3. The summed E-state index contributed by atoms with van der Waals surface area (Å²) in [7, 11) is 0. The smallest absolute Gasteiger partial charge is 0.315 e. The highest BCUT2D eigenvalue weighted by Gasteiger charge is 2.50. The van der Waals surface area contributed by atoms with E-state index in [1.165, 1.54) is 0 Å². The van der Waals surface area contributed by atoms with Crippen LogP contribution in [0, 0.1) is 17.3 Å². The molecule has 1 saturated carbocycles. The third kappa shape index (κ3) is 1.37. The first-order valence-electron chi connectivity index (χ1n) is 5.54. The summed E-state index contributed by atoms with van der Waals surface area (Å²) in [6, 6.07) is 0. The van der Waals surface area contributed by atoms with Gasteiger partial charge in [-0.25, -0.2) is 0 Å². The number of allylic oxidation sites excluding steroid dienone is 1. The predicted molar refractivity (Wildman–Crippen MR) is 54.7 cm³/mol. The largest absolute Gasteiger partial charge is 0.465 e. The molecule has 0 heterocycles. The average Bonchev–Trinajstić information content (AvgIpc) is 2.72. The van der Waals surface area contributed by atoms with Crippen LogP contribution >= 0.6 is 0 Å². The topological polar surface area (TPSA) is 26.3 Å². The van der Waals surface area contributed by atoms with Crippen molar-refractivity contribution in [2.45, 2.75) is 33.1 Å². The fourth-order valence-electron chi connectivity index (χ4n) is 2.71. The number of hydrogen-bond acceptors (Lipinski definition) is 2. The normalized spacial score (nSPS) is 39.0. The number of fused-ring (bicyclic) bond motifs is 2. The number of rotatable bonds is 3. The number of esters is 1. The Labute approximate surface area is 85.3 Å². The van der Waals surface area contributed by atoms with Crippen LogP contribution in [0.3, 0.4) is 0 Å². The molecule has 3 atom stereocenters. The van der Waals surface area contributed by atoms with Gasteiger partial charge < -0.3 is 4.74 Å². The molecular formula is C12H18O2. The minimum Gasteiger partial charge on any atom is -0.465 e. The third-order valence-electron chi connectivity index (χ3n) is 3.52. The van der Waals surface area contributed by atoms with Gasteiger partial charge in [0.05, 0.1) is 12.0 Å². The molecule has 2 bridgehead atoms. The van der Waals surface area contributed by atoms with E-state index in [0.717, 1.165) is 19.3 Å². The molecule has 0 aliphatic heterocycles. The van der Waals surface area contributed by atoms with Crippen molar-refractivity contribution in [1.29, 1.82) is 0 Å². The van der Waals surface area contributed by atoms with E-state index < -0.39 is 0 Å². The van der Waals surface area contributed by atoms with E-state index in [9.17, 15) is 4.79 Å². The van der Waals surface area contributed by atoms with Crippen LogP contribution in [0.15, 0.2) is 12.2 Å². The fraction of sp³-hybridized carbons (Fsp3) is 0.750. The van der Waals surface area contributed by atoms with Crippen molar-refractivity contribution < 1.29 is 9.53 Å². The van der Waals surface area contributed by atoms with Crippen LogP contribution in [0.25, 0.3) is 0 Å². The molecule has 2 rings (SSSR count). The zero-order valence-corrected chi connectivity index (χ0v) is 8.95. The SMILES string of the molecule is CCCOC(=O)C12C=CC(C1)C(C)C2. The average molecular weight is 194 g/mol. The lowest BCUT2D eigenvalue weighted by Crippen LogP contribution is -2.28. The Morgan fingerprint density at radius 3 is 2.86 bits per heavy atom. The molecule has 3 unspecified atom stereocenters. The summed E-state index contributed by atoms with van der Waals surface area (Å²) >= 11 is 0. The Morgan fingerprint density at radius 2 is 2.36 bits per heavy atom. The third-order valence-corrected chi connectivity index (χ3v) is 3.52. The molecular weight excluding hydrogens is 176 g/mol. The van der Waals surface area contributed by atoms with Crippen molar-refractivity contribution >= 4 is 5.97 Å². The summed E-state index contributed by atoms with van der Waals surface area (Å²) in [6.45, 7) is 4.81. The van der Waals surface area contributed by atoms with Gasteiger partial charge in [0, 0.05) is 0 Å². The van der Waals surface area contributed by atoms with Crippen LogP contribution in [-0.4, -0.2) is 12.6 Å². The number of ether oxygens (including phenoxy) is 1. The summed E-state index contributed by atoms with van der Waals surface area (Å²) in [6.07, 6.45) is 7.15. The molecule has 2 aliphatic carbocycles. The molecule has 2 aliphatic rings. The summed E-state index contributed by atoms with van der Waals surface area (Å²) < 4.78 is 5.25. The molecule has 78 valence electrons. The molecule has 0 saturated heterocycles. The van der Waals surface area contributed by atoms with Crippen LogP contribution in [0.2, 0.25) is 0 Å². The maximum atomic E-state index is 11.9. The van der Waals surface area contributed by atoms with Gasteiger partial charge in [-0.05, 0) is 31.1 Å². The maximum Gasteiger partial charge on any atom is 0.315 e. The second-order valence-corrected chi connectivity index (χ2v) is 4.70. The van der Waals surface area contributed by atoms with Crippen molar-refractivity contribution in [2.24, 2.45) is 17.3 Å². The number of hydrogen-bond donors (Lipinski definition) is 0. The molecule has 14 heavy (non-hydrogen) atoms. The van der Waals surface area contributed by atoms with E-state index in [2.05, 4.69) is 19.1 Å². The zero-order valence-electron chi connectivity index (χ0n) is 8.95.